The fourth-order valence-electron chi connectivity index (χ4n) is 1.62. The molecule has 0 saturated carbocycles. The van der Waals surface area contributed by atoms with E-state index in [0.29, 0.717) is 13.1 Å². The first-order valence-electron chi connectivity index (χ1n) is 6.08. The first-order chi connectivity index (χ1) is 8.99. The molecule has 0 unspecified atom stereocenters. The summed E-state index contributed by atoms with van der Waals surface area (Å²) in [5, 5.41) is 11.1. The van der Waals surface area contributed by atoms with Crippen molar-refractivity contribution in [3.8, 4) is 0 Å². The minimum atomic E-state index is -1.21. The van der Waals surface area contributed by atoms with Crippen molar-refractivity contribution in [2.75, 3.05) is 18.4 Å². The molecule has 0 aliphatic rings. The van der Waals surface area contributed by atoms with Gasteiger partial charge in [-0.1, -0.05) is 6.92 Å². The molecule has 0 atom stereocenters. The largest absolute Gasteiger partial charge is 0.478 e. The molecule has 2 amide bonds. The van der Waals surface area contributed by atoms with Crippen LogP contribution in [0.1, 0.15) is 30.6 Å². The van der Waals surface area contributed by atoms with Gasteiger partial charge in [0.25, 0.3) is 0 Å². The van der Waals surface area contributed by atoms with E-state index in [1.807, 2.05) is 13.8 Å². The van der Waals surface area contributed by atoms with Gasteiger partial charge < -0.3 is 15.3 Å². The van der Waals surface area contributed by atoms with E-state index in [4.69, 9.17) is 5.11 Å². The first kappa shape index (κ1) is 14.9. The number of aromatic carboxylic acids is 1. The Hall–Kier alpha value is -2.11. The normalized spacial score (nSPS) is 10.1. The number of nitrogens with zero attached hydrogens (tertiary/aromatic N) is 1. The van der Waals surface area contributed by atoms with Gasteiger partial charge in [-0.05, 0) is 31.5 Å². The molecule has 1 rings (SSSR count). The summed E-state index contributed by atoms with van der Waals surface area (Å²) in [6, 6.07) is 2.98. The number of halogens is 1. The van der Waals surface area contributed by atoms with Gasteiger partial charge in [0, 0.05) is 13.1 Å². The molecule has 0 radical (unpaired) electrons. The van der Waals surface area contributed by atoms with Gasteiger partial charge in [0.05, 0.1) is 11.3 Å². The lowest BCUT2D eigenvalue weighted by atomic mass is 10.2. The lowest BCUT2D eigenvalue weighted by Crippen LogP contribution is -2.35. The number of carboxylic acids is 1. The van der Waals surface area contributed by atoms with Gasteiger partial charge in [0.2, 0.25) is 0 Å². The van der Waals surface area contributed by atoms with Crippen molar-refractivity contribution >= 4 is 17.7 Å². The van der Waals surface area contributed by atoms with Crippen LogP contribution in [0, 0.1) is 5.82 Å². The highest BCUT2D eigenvalue weighted by Gasteiger charge is 2.14. The number of benzene rings is 1. The van der Waals surface area contributed by atoms with Crippen LogP contribution < -0.4 is 5.32 Å². The average molecular weight is 268 g/mol. The molecular formula is C13H17FN2O3. The highest BCUT2D eigenvalue weighted by atomic mass is 19.1. The van der Waals surface area contributed by atoms with Crippen LogP contribution in [0.25, 0.3) is 0 Å². The van der Waals surface area contributed by atoms with E-state index in [2.05, 4.69) is 5.32 Å². The molecular weight excluding hydrogens is 251 g/mol. The van der Waals surface area contributed by atoms with Gasteiger partial charge in [-0.3, -0.25) is 0 Å². The third kappa shape index (κ3) is 3.94. The zero-order valence-electron chi connectivity index (χ0n) is 10.9. The van der Waals surface area contributed by atoms with Crippen LogP contribution in [0.4, 0.5) is 14.9 Å². The summed E-state index contributed by atoms with van der Waals surface area (Å²) in [5.41, 5.74) is -0.180. The predicted octanol–water partition coefficient (Wildman–Crippen LogP) is 2.79. The SMILES string of the molecule is CCCN(CC)C(=O)Nc1ccc(C(=O)O)cc1F. The summed E-state index contributed by atoms with van der Waals surface area (Å²) in [6.45, 7) is 4.88. The van der Waals surface area contributed by atoms with Crippen molar-refractivity contribution in [2.45, 2.75) is 20.3 Å². The Labute approximate surface area is 111 Å². The van der Waals surface area contributed by atoms with Crippen LogP contribution in [-0.2, 0) is 0 Å². The van der Waals surface area contributed by atoms with Gasteiger partial charge in [0.1, 0.15) is 5.82 Å². The molecule has 1 aromatic rings. The Morgan fingerprint density at radius 3 is 2.53 bits per heavy atom. The molecule has 0 spiro atoms. The van der Waals surface area contributed by atoms with Gasteiger partial charge in [-0.15, -0.1) is 0 Å². The Bertz CT molecular complexity index is 477. The summed E-state index contributed by atoms with van der Waals surface area (Å²) in [7, 11) is 0. The predicted molar refractivity (Wildman–Crippen MR) is 69.9 cm³/mol. The van der Waals surface area contributed by atoms with Gasteiger partial charge in [-0.25, -0.2) is 14.0 Å². The number of nitrogens with one attached hydrogen (secondary N) is 1. The average Bonchev–Trinajstić information content (AvgIpc) is 2.37. The molecule has 0 aliphatic carbocycles. The van der Waals surface area contributed by atoms with Gasteiger partial charge in [-0.2, -0.15) is 0 Å². The maximum absolute atomic E-state index is 13.6. The van der Waals surface area contributed by atoms with E-state index >= 15 is 0 Å². The van der Waals surface area contributed by atoms with E-state index in [1.165, 1.54) is 12.1 Å². The van der Waals surface area contributed by atoms with Crippen molar-refractivity contribution in [3.63, 3.8) is 0 Å². The lowest BCUT2D eigenvalue weighted by Gasteiger charge is -2.20. The van der Waals surface area contributed by atoms with Crippen molar-refractivity contribution in [1.29, 1.82) is 0 Å². The maximum Gasteiger partial charge on any atom is 0.335 e. The Balaban J connectivity index is 2.82. The minimum absolute atomic E-state index is 0.0236. The third-order valence-electron chi connectivity index (χ3n) is 2.62. The van der Waals surface area contributed by atoms with Crippen molar-refractivity contribution < 1.29 is 19.1 Å². The van der Waals surface area contributed by atoms with Crippen LogP contribution >= 0.6 is 0 Å². The summed E-state index contributed by atoms with van der Waals surface area (Å²) < 4.78 is 13.6. The van der Waals surface area contributed by atoms with E-state index < -0.39 is 17.8 Å². The van der Waals surface area contributed by atoms with Crippen LogP contribution in [0.2, 0.25) is 0 Å². The molecule has 0 aromatic heterocycles. The maximum atomic E-state index is 13.6. The second-order valence-electron chi connectivity index (χ2n) is 4.01. The van der Waals surface area contributed by atoms with Crippen molar-refractivity contribution in [1.82, 2.24) is 4.90 Å². The van der Waals surface area contributed by atoms with Crippen molar-refractivity contribution in [2.24, 2.45) is 0 Å². The fourth-order valence-corrected chi connectivity index (χ4v) is 1.62. The van der Waals surface area contributed by atoms with Gasteiger partial charge >= 0.3 is 12.0 Å². The monoisotopic (exact) mass is 268 g/mol. The van der Waals surface area contributed by atoms with Crippen LogP contribution in [0.15, 0.2) is 18.2 Å². The molecule has 2 N–H and O–H groups in total. The summed E-state index contributed by atoms with van der Waals surface area (Å²) in [6.07, 6.45) is 0.807. The number of carbonyl (C=O) groups is 2. The van der Waals surface area contributed by atoms with Crippen LogP contribution in [0.3, 0.4) is 0 Å². The molecule has 0 bridgehead atoms. The Morgan fingerprint density at radius 2 is 2.05 bits per heavy atom. The zero-order chi connectivity index (χ0) is 14.4. The minimum Gasteiger partial charge on any atom is -0.478 e. The number of hydrogen-bond acceptors (Lipinski definition) is 2. The number of carboxylic acid groups (broad SMARTS) is 1. The first-order valence-corrected chi connectivity index (χ1v) is 6.08. The number of rotatable bonds is 5. The van der Waals surface area contributed by atoms with Crippen molar-refractivity contribution in [3.05, 3.63) is 29.6 Å². The second-order valence-corrected chi connectivity index (χ2v) is 4.01. The van der Waals surface area contributed by atoms with E-state index in [-0.39, 0.29) is 11.3 Å². The molecule has 0 aliphatic heterocycles. The van der Waals surface area contributed by atoms with Crippen LogP contribution in [-0.4, -0.2) is 35.1 Å². The lowest BCUT2D eigenvalue weighted by molar-refractivity contribution is 0.0696. The number of urea groups is 1. The van der Waals surface area contributed by atoms with Gasteiger partial charge in [0.15, 0.2) is 0 Å². The molecule has 6 heteroatoms. The van der Waals surface area contributed by atoms with E-state index in [0.717, 1.165) is 12.5 Å². The Morgan fingerprint density at radius 1 is 1.37 bits per heavy atom. The molecule has 0 fully saturated rings. The summed E-state index contributed by atoms with van der Waals surface area (Å²) in [5.74, 6) is -1.97. The molecule has 0 saturated heterocycles. The second kappa shape index (κ2) is 6.72. The molecule has 104 valence electrons. The highest BCUT2D eigenvalue weighted by Crippen LogP contribution is 2.16. The number of carbonyl (C=O) groups excluding carboxylic acids is 1. The summed E-state index contributed by atoms with van der Waals surface area (Å²) in [4.78, 5) is 24.0. The highest BCUT2D eigenvalue weighted by molar-refractivity contribution is 5.91. The number of anilines is 1. The quantitative estimate of drug-likeness (QED) is 0.862. The summed E-state index contributed by atoms with van der Waals surface area (Å²) >= 11 is 0. The molecule has 0 heterocycles. The third-order valence-corrected chi connectivity index (χ3v) is 2.62. The van der Waals surface area contributed by atoms with E-state index in [9.17, 15) is 14.0 Å². The van der Waals surface area contributed by atoms with Crippen LogP contribution in [0.5, 0.6) is 0 Å². The van der Waals surface area contributed by atoms with E-state index in [1.54, 1.807) is 4.90 Å². The standard InChI is InChI=1S/C13H17FN2O3/c1-3-7-16(4-2)13(19)15-11-6-5-9(12(17)18)8-10(11)14/h5-6,8H,3-4,7H2,1-2H3,(H,15,19)(H,17,18). The zero-order valence-corrected chi connectivity index (χ0v) is 10.9. The Kier molecular flexibility index (Phi) is 5.29. The molecule has 19 heavy (non-hydrogen) atoms. The number of hydrogen-bond donors (Lipinski definition) is 2. The smallest absolute Gasteiger partial charge is 0.335 e. The number of amides is 2. The fraction of sp³-hybridized carbons (Fsp3) is 0.385. The molecule has 5 nitrogen and oxygen atoms in total. The molecule has 1 aromatic carbocycles. The topological polar surface area (TPSA) is 69.6 Å².